The SMILES string of the molecule is C=CC1=C/C=C/C=C/C=C\C(c2ccc3c4c(ccc3c2)/C=C/C=C/c2ccc3cc(-c5ccc6ccccc6c5)ccc3c2/C=C\C=C/4)=C/C=C\1C=C.CC. The Balaban J connectivity index is 0.00000237. The third kappa shape index (κ3) is 8.21. The van der Waals surface area contributed by atoms with Crippen LogP contribution >= 0.6 is 0 Å². The van der Waals surface area contributed by atoms with Crippen LogP contribution in [0.1, 0.15) is 41.7 Å². The Hall–Kier alpha value is -7.02. The van der Waals surface area contributed by atoms with Gasteiger partial charge in [-0.15, -0.1) is 0 Å². The van der Waals surface area contributed by atoms with Gasteiger partial charge in [0.05, 0.1) is 0 Å². The van der Waals surface area contributed by atoms with Gasteiger partial charge < -0.3 is 0 Å². The fourth-order valence-electron chi connectivity index (χ4n) is 7.26. The Kier molecular flexibility index (Phi) is 11.9. The van der Waals surface area contributed by atoms with E-state index in [9.17, 15) is 0 Å². The molecule has 0 radical (unpaired) electrons. The number of hydrogen-bond acceptors (Lipinski definition) is 0. The zero-order chi connectivity index (χ0) is 38.7. The van der Waals surface area contributed by atoms with E-state index in [1.807, 2.05) is 44.2 Å². The molecule has 56 heavy (non-hydrogen) atoms. The van der Waals surface area contributed by atoms with E-state index in [4.69, 9.17) is 0 Å². The average Bonchev–Trinajstić information content (AvgIpc) is 3.24. The van der Waals surface area contributed by atoms with Crippen LogP contribution < -0.4 is 0 Å². The second-order valence-corrected chi connectivity index (χ2v) is 13.4. The van der Waals surface area contributed by atoms with Crippen LogP contribution in [0.5, 0.6) is 0 Å². The molecule has 0 unspecified atom stereocenters. The molecule has 2 aliphatic rings. The highest BCUT2D eigenvalue weighted by Gasteiger charge is 2.09. The molecule has 8 rings (SSSR count). The molecular weight excluding hydrogens is 673 g/mol. The van der Waals surface area contributed by atoms with E-state index < -0.39 is 0 Å². The third-order valence-electron chi connectivity index (χ3n) is 10.1. The summed E-state index contributed by atoms with van der Waals surface area (Å²) in [7, 11) is 0. The number of allylic oxidation sites excluding steroid dienone is 18. The number of fused-ring (bicyclic) bond motifs is 7. The molecule has 0 heterocycles. The summed E-state index contributed by atoms with van der Waals surface area (Å²) in [6.07, 6.45) is 40.0. The zero-order valence-corrected chi connectivity index (χ0v) is 32.2. The molecule has 0 aromatic heterocycles. The topological polar surface area (TPSA) is 0 Å². The number of benzene rings is 6. The first-order valence-corrected chi connectivity index (χ1v) is 19.4. The number of rotatable bonds is 4. The van der Waals surface area contributed by atoms with Crippen molar-refractivity contribution in [2.75, 3.05) is 0 Å². The van der Waals surface area contributed by atoms with Crippen molar-refractivity contribution in [2.45, 2.75) is 13.8 Å². The van der Waals surface area contributed by atoms with E-state index in [2.05, 4.69) is 201 Å². The van der Waals surface area contributed by atoms with Gasteiger partial charge in [0, 0.05) is 0 Å². The van der Waals surface area contributed by atoms with Crippen molar-refractivity contribution >= 4 is 62.2 Å². The Morgan fingerprint density at radius 2 is 0.857 bits per heavy atom. The largest absolute Gasteiger partial charge is 0.0984 e. The first-order valence-electron chi connectivity index (χ1n) is 19.4. The normalized spacial score (nSPS) is 20.6. The average molecular weight is 719 g/mol. The molecule has 0 fully saturated rings. The van der Waals surface area contributed by atoms with Crippen LogP contribution in [0.4, 0.5) is 0 Å². The van der Waals surface area contributed by atoms with Gasteiger partial charge in [-0.1, -0.05) is 227 Å². The Morgan fingerprint density at radius 1 is 0.375 bits per heavy atom. The molecule has 2 aliphatic carbocycles. The molecule has 0 amide bonds. The van der Waals surface area contributed by atoms with E-state index in [-0.39, 0.29) is 0 Å². The molecule has 270 valence electrons. The van der Waals surface area contributed by atoms with Gasteiger partial charge in [-0.25, -0.2) is 0 Å². The summed E-state index contributed by atoms with van der Waals surface area (Å²) >= 11 is 0. The maximum Gasteiger partial charge on any atom is -0.0105 e. The quantitative estimate of drug-likeness (QED) is 0.170. The molecule has 0 heteroatoms. The lowest BCUT2D eigenvalue weighted by Gasteiger charge is -2.11. The molecule has 0 saturated carbocycles. The monoisotopic (exact) mass is 718 g/mol. The highest BCUT2D eigenvalue weighted by atomic mass is 14.1. The fourth-order valence-corrected chi connectivity index (χ4v) is 7.26. The maximum absolute atomic E-state index is 4.05. The smallest absolute Gasteiger partial charge is 0.0105 e. The predicted molar refractivity (Wildman–Crippen MR) is 250 cm³/mol. The maximum atomic E-state index is 4.05. The number of hydrogen-bond donors (Lipinski definition) is 0. The van der Waals surface area contributed by atoms with Crippen LogP contribution in [0, 0.1) is 0 Å². The molecule has 0 aliphatic heterocycles. The minimum Gasteiger partial charge on any atom is -0.0984 e. The highest BCUT2D eigenvalue weighted by molar-refractivity contribution is 5.99. The van der Waals surface area contributed by atoms with Crippen LogP contribution in [-0.4, -0.2) is 0 Å². The lowest BCUT2D eigenvalue weighted by molar-refractivity contribution is 1.50. The Labute approximate surface area is 332 Å². The summed E-state index contributed by atoms with van der Waals surface area (Å²) in [6, 6.07) is 37.7. The summed E-state index contributed by atoms with van der Waals surface area (Å²) in [5.41, 5.74) is 11.5. The van der Waals surface area contributed by atoms with Crippen molar-refractivity contribution < 1.29 is 0 Å². The zero-order valence-electron chi connectivity index (χ0n) is 32.2. The molecule has 0 nitrogen and oxygen atoms in total. The van der Waals surface area contributed by atoms with Crippen LogP contribution in [0.25, 0.3) is 73.3 Å². The summed E-state index contributed by atoms with van der Waals surface area (Å²) < 4.78 is 0. The molecule has 0 atom stereocenters. The van der Waals surface area contributed by atoms with E-state index in [0.29, 0.717) is 0 Å². The van der Waals surface area contributed by atoms with Gasteiger partial charge in [0.2, 0.25) is 0 Å². The molecule has 6 aromatic rings. The molecule has 6 aromatic carbocycles. The van der Waals surface area contributed by atoms with E-state index >= 15 is 0 Å². The van der Waals surface area contributed by atoms with Crippen molar-refractivity contribution in [3.8, 4) is 11.1 Å². The highest BCUT2D eigenvalue weighted by Crippen LogP contribution is 2.33. The van der Waals surface area contributed by atoms with Crippen LogP contribution in [0.15, 0.2) is 219 Å². The van der Waals surface area contributed by atoms with E-state index in [1.54, 1.807) is 0 Å². The lowest BCUT2D eigenvalue weighted by Crippen LogP contribution is -1.89. The van der Waals surface area contributed by atoms with Crippen LogP contribution in [-0.2, 0) is 0 Å². The lowest BCUT2D eigenvalue weighted by atomic mass is 9.93. The minimum absolute atomic E-state index is 1.02. The third-order valence-corrected chi connectivity index (χ3v) is 10.1. The van der Waals surface area contributed by atoms with Crippen LogP contribution in [0.2, 0.25) is 0 Å². The van der Waals surface area contributed by atoms with E-state index in [0.717, 1.165) is 22.3 Å². The predicted octanol–water partition coefficient (Wildman–Crippen LogP) is 15.9. The van der Waals surface area contributed by atoms with Gasteiger partial charge >= 0.3 is 0 Å². The summed E-state index contributed by atoms with van der Waals surface area (Å²) in [4.78, 5) is 0. The summed E-state index contributed by atoms with van der Waals surface area (Å²) in [6.45, 7) is 12.1. The van der Waals surface area contributed by atoms with Gasteiger partial charge in [0.15, 0.2) is 0 Å². The Bertz CT molecular complexity index is 2770. The fraction of sp³-hybridized carbons (Fsp3) is 0.0357. The minimum atomic E-state index is 1.02. The summed E-state index contributed by atoms with van der Waals surface area (Å²) in [5.74, 6) is 0. The van der Waals surface area contributed by atoms with Gasteiger partial charge in [-0.05, 0) is 106 Å². The second kappa shape index (κ2) is 17.9. The van der Waals surface area contributed by atoms with Crippen molar-refractivity contribution in [1.82, 2.24) is 0 Å². The summed E-state index contributed by atoms with van der Waals surface area (Å²) in [5, 5.41) is 7.37. The van der Waals surface area contributed by atoms with E-state index in [1.165, 1.54) is 65.7 Å². The van der Waals surface area contributed by atoms with Crippen molar-refractivity contribution in [2.24, 2.45) is 0 Å². The first kappa shape index (κ1) is 37.3. The van der Waals surface area contributed by atoms with Gasteiger partial charge in [-0.2, -0.15) is 0 Å². The van der Waals surface area contributed by atoms with Gasteiger partial charge in [0.25, 0.3) is 0 Å². The second-order valence-electron chi connectivity index (χ2n) is 13.4. The molecule has 0 saturated heterocycles. The van der Waals surface area contributed by atoms with Gasteiger partial charge in [0.1, 0.15) is 0 Å². The standard InChI is InChI=1S/C54H40.C2H6/c1-3-39-16-8-6-5-7-9-17-42(25-24-40(39)4-2)46-32-34-53-49(37-46)30-27-43-19-11-12-20-44-28-31-50-38-48(47-29-26-41-18-10-13-21-45(41)36-47)33-35-54(50)52(44)23-15-14-22-51(43)53;1-2/h3-38H,1-2H2;1-2H3/b6-5?,7-5+,8-6+,9-7?,12-11?,15-14?,16-8?,17-9-,19-11+,20-12+,22-14-,23-15-,25-24?,39-16-,40-24-,40-39?,42-17?,42-25+,43-19?,44-20?,51-22?,52-23?;. The van der Waals surface area contributed by atoms with Crippen molar-refractivity contribution in [3.05, 3.63) is 246 Å². The van der Waals surface area contributed by atoms with Gasteiger partial charge in [-0.3, -0.25) is 0 Å². The molecular formula is C56H46. The Morgan fingerprint density at radius 3 is 1.52 bits per heavy atom. The molecule has 0 spiro atoms. The first-order chi connectivity index (χ1) is 27.7. The van der Waals surface area contributed by atoms with Crippen molar-refractivity contribution in [1.29, 1.82) is 0 Å². The van der Waals surface area contributed by atoms with Crippen LogP contribution in [0.3, 0.4) is 0 Å². The molecule has 0 N–H and O–H groups in total. The molecule has 0 bridgehead atoms. The van der Waals surface area contributed by atoms with Crippen molar-refractivity contribution in [3.63, 3.8) is 0 Å².